The first-order chi connectivity index (χ1) is 9.53. The Morgan fingerprint density at radius 2 is 1.95 bits per heavy atom. The van der Waals surface area contributed by atoms with Crippen molar-refractivity contribution in [1.29, 1.82) is 5.26 Å². The quantitative estimate of drug-likeness (QED) is 0.903. The van der Waals surface area contributed by atoms with Gasteiger partial charge in [-0.25, -0.2) is 4.79 Å². The Balaban J connectivity index is 2.92. The molecule has 1 amide bonds. The number of carbonyl (C=O) groups excluding carboxylic acids is 1. The summed E-state index contributed by atoms with van der Waals surface area (Å²) in [5.74, 6) is 0. The number of alkyl carbamates (subject to hydrolysis) is 1. The molecule has 0 aliphatic carbocycles. The fourth-order valence-corrected chi connectivity index (χ4v) is 1.51. The highest BCUT2D eigenvalue weighted by molar-refractivity contribution is 5.69. The predicted octanol–water partition coefficient (Wildman–Crippen LogP) is 3.79. The topological polar surface area (TPSA) is 62.1 Å². The van der Waals surface area contributed by atoms with E-state index in [1.165, 1.54) is 12.1 Å². The van der Waals surface area contributed by atoms with Crippen LogP contribution in [0, 0.1) is 11.3 Å². The Labute approximate surface area is 120 Å². The summed E-state index contributed by atoms with van der Waals surface area (Å²) in [5, 5.41) is 11.2. The lowest BCUT2D eigenvalue weighted by atomic mass is 10.0. The second kappa shape index (κ2) is 6.04. The maximum atomic E-state index is 12.6. The van der Waals surface area contributed by atoms with Crippen LogP contribution in [0.4, 0.5) is 18.0 Å². The lowest BCUT2D eigenvalue weighted by Crippen LogP contribution is -2.34. The number of ether oxygens (including phenoxy) is 1. The molecule has 0 heterocycles. The minimum atomic E-state index is -4.51. The molecule has 1 N–H and O–H groups in total. The number of amides is 1. The van der Waals surface area contributed by atoms with Crippen LogP contribution in [-0.4, -0.2) is 11.7 Å². The van der Waals surface area contributed by atoms with Gasteiger partial charge in [0.2, 0.25) is 0 Å². The Morgan fingerprint density at radius 3 is 2.43 bits per heavy atom. The molecule has 0 radical (unpaired) electrons. The Kier molecular flexibility index (Phi) is 4.84. The van der Waals surface area contributed by atoms with Crippen molar-refractivity contribution in [3.63, 3.8) is 0 Å². The standard InChI is InChI=1S/C14H15F3N2O2/c1-13(2,3)21-12(20)19-11(8-18)9-5-4-6-10(7-9)14(15,16)17/h4-7,11H,1-3H3,(H,19,20). The first-order valence-electron chi connectivity index (χ1n) is 6.09. The SMILES string of the molecule is CC(C)(C)OC(=O)NC(C#N)c1cccc(C(F)(F)F)c1. The van der Waals surface area contributed by atoms with Crippen LogP contribution >= 0.6 is 0 Å². The van der Waals surface area contributed by atoms with Crippen molar-refractivity contribution in [3.8, 4) is 6.07 Å². The maximum absolute atomic E-state index is 12.6. The van der Waals surface area contributed by atoms with Gasteiger partial charge < -0.3 is 10.1 Å². The van der Waals surface area contributed by atoms with Crippen molar-refractivity contribution in [3.05, 3.63) is 35.4 Å². The van der Waals surface area contributed by atoms with Crippen LogP contribution in [0.1, 0.15) is 37.9 Å². The van der Waals surface area contributed by atoms with Crippen molar-refractivity contribution in [2.45, 2.75) is 38.6 Å². The zero-order valence-electron chi connectivity index (χ0n) is 11.8. The van der Waals surface area contributed by atoms with Crippen LogP contribution in [0.25, 0.3) is 0 Å². The fourth-order valence-electron chi connectivity index (χ4n) is 1.51. The second-order valence-electron chi connectivity index (χ2n) is 5.33. The van der Waals surface area contributed by atoms with Gasteiger partial charge in [-0.05, 0) is 38.5 Å². The largest absolute Gasteiger partial charge is 0.444 e. The highest BCUT2D eigenvalue weighted by Crippen LogP contribution is 2.30. The second-order valence-corrected chi connectivity index (χ2v) is 5.33. The average Bonchev–Trinajstić information content (AvgIpc) is 2.33. The van der Waals surface area contributed by atoms with Crippen molar-refractivity contribution in [2.75, 3.05) is 0 Å². The normalized spacial score (nSPS) is 13.2. The van der Waals surface area contributed by atoms with Gasteiger partial charge in [-0.3, -0.25) is 0 Å². The third-order valence-corrected chi connectivity index (χ3v) is 2.34. The third-order valence-electron chi connectivity index (χ3n) is 2.34. The van der Waals surface area contributed by atoms with Crippen molar-refractivity contribution in [1.82, 2.24) is 5.32 Å². The zero-order chi connectivity index (χ0) is 16.3. The van der Waals surface area contributed by atoms with Gasteiger partial charge in [-0.15, -0.1) is 0 Å². The molecule has 1 unspecified atom stereocenters. The number of carbonyl (C=O) groups is 1. The van der Waals surface area contributed by atoms with Crippen LogP contribution in [0.5, 0.6) is 0 Å². The van der Waals surface area contributed by atoms with Gasteiger partial charge in [0.25, 0.3) is 0 Å². The minimum absolute atomic E-state index is 0.0400. The van der Waals surface area contributed by atoms with Crippen LogP contribution < -0.4 is 5.32 Å². The molecule has 0 aliphatic heterocycles. The smallest absolute Gasteiger partial charge is 0.416 e. The zero-order valence-corrected chi connectivity index (χ0v) is 11.8. The number of nitrogens with one attached hydrogen (secondary N) is 1. The summed E-state index contributed by atoms with van der Waals surface area (Å²) in [5.41, 5.74) is -1.61. The van der Waals surface area contributed by atoms with E-state index in [1.807, 2.05) is 0 Å². The van der Waals surface area contributed by atoms with Gasteiger partial charge in [0.05, 0.1) is 11.6 Å². The number of hydrogen-bond acceptors (Lipinski definition) is 3. The molecule has 4 nitrogen and oxygen atoms in total. The lowest BCUT2D eigenvalue weighted by molar-refractivity contribution is -0.137. The van der Waals surface area contributed by atoms with Gasteiger partial charge in [0.1, 0.15) is 11.6 Å². The van der Waals surface area contributed by atoms with Gasteiger partial charge in [-0.2, -0.15) is 18.4 Å². The number of nitrogens with zero attached hydrogens (tertiary/aromatic N) is 1. The molecule has 1 aromatic carbocycles. The maximum Gasteiger partial charge on any atom is 0.416 e. The molecular formula is C14H15F3N2O2. The molecule has 0 saturated heterocycles. The van der Waals surface area contributed by atoms with E-state index < -0.39 is 29.5 Å². The number of halogens is 3. The van der Waals surface area contributed by atoms with E-state index in [1.54, 1.807) is 26.8 Å². The fraction of sp³-hybridized carbons (Fsp3) is 0.429. The molecule has 7 heteroatoms. The Bertz CT molecular complexity index is 557. The molecule has 0 saturated carbocycles. The first kappa shape index (κ1) is 16.8. The number of benzene rings is 1. The third kappa shape index (κ3) is 5.34. The minimum Gasteiger partial charge on any atom is -0.444 e. The summed E-state index contributed by atoms with van der Waals surface area (Å²) >= 11 is 0. The molecule has 21 heavy (non-hydrogen) atoms. The number of alkyl halides is 3. The van der Waals surface area contributed by atoms with Crippen LogP contribution in [-0.2, 0) is 10.9 Å². The number of nitriles is 1. The molecule has 1 atom stereocenters. The highest BCUT2D eigenvalue weighted by atomic mass is 19.4. The molecule has 0 spiro atoms. The number of hydrogen-bond donors (Lipinski definition) is 1. The van der Waals surface area contributed by atoms with Gasteiger partial charge in [0.15, 0.2) is 0 Å². The number of rotatable bonds is 2. The van der Waals surface area contributed by atoms with E-state index in [9.17, 15) is 18.0 Å². The molecule has 0 aromatic heterocycles. The molecule has 1 rings (SSSR count). The molecule has 1 aromatic rings. The predicted molar refractivity (Wildman–Crippen MR) is 69.2 cm³/mol. The lowest BCUT2D eigenvalue weighted by Gasteiger charge is -2.21. The molecule has 0 fully saturated rings. The van der Waals surface area contributed by atoms with Crippen molar-refractivity contribution in [2.24, 2.45) is 0 Å². The summed E-state index contributed by atoms with van der Waals surface area (Å²) in [4.78, 5) is 11.6. The Morgan fingerprint density at radius 1 is 1.33 bits per heavy atom. The van der Waals surface area contributed by atoms with Crippen molar-refractivity contribution < 1.29 is 22.7 Å². The van der Waals surface area contributed by atoms with E-state index in [0.29, 0.717) is 0 Å². The summed E-state index contributed by atoms with van der Waals surface area (Å²) < 4.78 is 42.8. The molecule has 0 bridgehead atoms. The molecule has 114 valence electrons. The summed E-state index contributed by atoms with van der Waals surface area (Å²) in [6, 6.07) is 4.75. The van der Waals surface area contributed by atoms with E-state index in [2.05, 4.69) is 5.32 Å². The van der Waals surface area contributed by atoms with Crippen LogP contribution in [0.3, 0.4) is 0 Å². The van der Waals surface area contributed by atoms with E-state index in [4.69, 9.17) is 10.00 Å². The monoisotopic (exact) mass is 300 g/mol. The van der Waals surface area contributed by atoms with E-state index in [-0.39, 0.29) is 5.56 Å². The van der Waals surface area contributed by atoms with Gasteiger partial charge in [-0.1, -0.05) is 12.1 Å². The average molecular weight is 300 g/mol. The summed E-state index contributed by atoms with van der Waals surface area (Å²) in [6.07, 6.45) is -5.38. The summed E-state index contributed by atoms with van der Waals surface area (Å²) in [6.45, 7) is 4.91. The highest BCUT2D eigenvalue weighted by Gasteiger charge is 2.31. The van der Waals surface area contributed by atoms with Crippen LogP contribution in [0.15, 0.2) is 24.3 Å². The van der Waals surface area contributed by atoms with E-state index >= 15 is 0 Å². The van der Waals surface area contributed by atoms with Gasteiger partial charge in [0, 0.05) is 0 Å². The van der Waals surface area contributed by atoms with Crippen LogP contribution in [0.2, 0.25) is 0 Å². The van der Waals surface area contributed by atoms with Gasteiger partial charge >= 0.3 is 12.3 Å². The molecule has 0 aliphatic rings. The molecular weight excluding hydrogens is 285 g/mol. The Hall–Kier alpha value is -2.23. The van der Waals surface area contributed by atoms with E-state index in [0.717, 1.165) is 12.1 Å². The summed E-state index contributed by atoms with van der Waals surface area (Å²) in [7, 11) is 0. The van der Waals surface area contributed by atoms with Crippen molar-refractivity contribution >= 4 is 6.09 Å². The first-order valence-corrected chi connectivity index (χ1v) is 6.09.